The highest BCUT2D eigenvalue weighted by Gasteiger charge is 2.45. The van der Waals surface area contributed by atoms with Crippen molar-refractivity contribution in [2.24, 2.45) is 0 Å². The largest absolute Gasteiger partial charge is 0.497 e. The van der Waals surface area contributed by atoms with E-state index in [0.29, 0.717) is 32.8 Å². The predicted octanol–water partition coefficient (Wildman–Crippen LogP) is 10.4. The molecule has 3 unspecified atom stereocenters. The molecule has 1 aromatic rings. The first-order valence-electron chi connectivity index (χ1n) is 17.3. The molecule has 9 heteroatoms. The fourth-order valence-corrected chi connectivity index (χ4v) is 7.63. The first-order chi connectivity index (χ1) is 21.4. The first kappa shape index (κ1) is 43.8. The summed E-state index contributed by atoms with van der Waals surface area (Å²) in [6, 6.07) is 7.89. The Kier molecular flexibility index (Phi) is 16.9. The molecular weight excluding hydrogens is 637 g/mol. The van der Waals surface area contributed by atoms with Crippen LogP contribution in [0.5, 0.6) is 5.75 Å². The van der Waals surface area contributed by atoms with Crippen LogP contribution in [0.1, 0.15) is 80.7 Å². The Bertz CT molecular complexity index is 1130. The minimum atomic E-state index is -2.20. The second kappa shape index (κ2) is 18.1. The molecule has 0 N–H and O–H groups in total. The van der Waals surface area contributed by atoms with Gasteiger partial charge in [-0.3, -0.25) is 0 Å². The zero-order chi connectivity index (χ0) is 36.3. The van der Waals surface area contributed by atoms with Crippen LogP contribution < -0.4 is 4.74 Å². The van der Waals surface area contributed by atoms with Crippen LogP contribution in [-0.4, -0.2) is 70.2 Å². The summed E-state index contributed by atoms with van der Waals surface area (Å²) in [5, 5.41) is 0.221. The number of methoxy groups -OCH3 is 1. The molecule has 0 aliphatic rings. The lowest BCUT2D eigenvalue weighted by atomic mass is 10.1. The van der Waals surface area contributed by atoms with Gasteiger partial charge in [0.15, 0.2) is 25.0 Å². The van der Waals surface area contributed by atoms with Gasteiger partial charge in [-0.15, -0.1) is 6.58 Å². The molecule has 0 fully saturated rings. The van der Waals surface area contributed by atoms with Gasteiger partial charge in [-0.25, -0.2) is 0 Å². The summed E-state index contributed by atoms with van der Waals surface area (Å²) in [7, 11) is -4.53. The Morgan fingerprint density at radius 3 is 1.77 bits per heavy atom. The van der Waals surface area contributed by atoms with E-state index < -0.39 is 25.0 Å². The zero-order valence-corrected chi connectivity index (χ0v) is 36.0. The van der Waals surface area contributed by atoms with Crippen LogP contribution >= 0.6 is 0 Å². The van der Waals surface area contributed by atoms with Crippen molar-refractivity contribution in [3.05, 3.63) is 42.5 Å². The van der Waals surface area contributed by atoms with Crippen molar-refractivity contribution in [2.75, 3.05) is 26.9 Å². The standard InChI is InChI=1S/C38H70O6Si3/c1-18-33(43-46(14,15)37(5,6)7)35(41-28-21-29-42-45(12,13)36(2,3)4)34(44-47(16,17)38(8,9)10)22-19-20-27-40-30-31-23-25-32(39-11)26-24-31/h18,23-26,33-35H,1,21-22,27-30H2,2-17H3. The molecule has 6 nitrogen and oxygen atoms in total. The van der Waals surface area contributed by atoms with Crippen LogP contribution in [0.3, 0.4) is 0 Å². The summed E-state index contributed by atoms with van der Waals surface area (Å²) >= 11 is 0. The van der Waals surface area contributed by atoms with E-state index in [-0.39, 0.29) is 33.4 Å². The molecule has 270 valence electrons. The van der Waals surface area contributed by atoms with Gasteiger partial charge in [0, 0.05) is 19.6 Å². The fraction of sp³-hybridized carbons (Fsp3) is 0.737. The highest BCUT2D eigenvalue weighted by Crippen LogP contribution is 2.41. The lowest BCUT2D eigenvalue weighted by Crippen LogP contribution is -2.53. The van der Waals surface area contributed by atoms with Gasteiger partial charge >= 0.3 is 0 Å². The summed E-state index contributed by atoms with van der Waals surface area (Å²) in [5.41, 5.74) is 1.08. The van der Waals surface area contributed by atoms with E-state index >= 15 is 0 Å². The maximum absolute atomic E-state index is 7.12. The van der Waals surface area contributed by atoms with Crippen molar-refractivity contribution in [3.63, 3.8) is 0 Å². The van der Waals surface area contributed by atoms with Crippen molar-refractivity contribution >= 4 is 25.0 Å². The van der Waals surface area contributed by atoms with E-state index in [4.69, 9.17) is 27.5 Å². The molecule has 0 aliphatic heterocycles. The Balaban J connectivity index is 3.27. The van der Waals surface area contributed by atoms with E-state index in [1.165, 1.54) is 0 Å². The Labute approximate surface area is 293 Å². The lowest BCUT2D eigenvalue weighted by molar-refractivity contribution is -0.0769. The van der Waals surface area contributed by atoms with Crippen LogP contribution in [0.15, 0.2) is 36.9 Å². The number of benzene rings is 1. The van der Waals surface area contributed by atoms with Gasteiger partial charge in [-0.2, -0.15) is 0 Å². The molecule has 0 bridgehead atoms. The quantitative estimate of drug-likeness (QED) is 0.0656. The third-order valence-corrected chi connectivity index (χ3v) is 23.8. The zero-order valence-electron chi connectivity index (χ0n) is 33.0. The van der Waals surface area contributed by atoms with Gasteiger partial charge in [0.2, 0.25) is 0 Å². The molecule has 0 radical (unpaired) electrons. The van der Waals surface area contributed by atoms with E-state index in [2.05, 4.69) is 120 Å². The van der Waals surface area contributed by atoms with Crippen molar-refractivity contribution in [1.82, 2.24) is 0 Å². The van der Waals surface area contributed by atoms with Crippen LogP contribution in [0.2, 0.25) is 54.4 Å². The third-order valence-electron chi connectivity index (χ3n) is 10.3. The molecular formula is C38H70O6Si3. The van der Waals surface area contributed by atoms with Crippen molar-refractivity contribution in [1.29, 1.82) is 0 Å². The van der Waals surface area contributed by atoms with Gasteiger partial charge in [0.05, 0.1) is 25.9 Å². The van der Waals surface area contributed by atoms with E-state index in [9.17, 15) is 0 Å². The van der Waals surface area contributed by atoms with Crippen molar-refractivity contribution < 1.29 is 27.5 Å². The van der Waals surface area contributed by atoms with E-state index in [1.54, 1.807) is 7.11 Å². The van der Waals surface area contributed by atoms with Gasteiger partial charge in [0.25, 0.3) is 0 Å². The molecule has 3 atom stereocenters. The fourth-order valence-electron chi connectivity index (χ4n) is 3.95. The van der Waals surface area contributed by atoms with Crippen molar-refractivity contribution in [2.45, 2.75) is 154 Å². The van der Waals surface area contributed by atoms with Crippen LogP contribution in [0.4, 0.5) is 0 Å². The maximum atomic E-state index is 7.12. The average molecular weight is 707 g/mol. The maximum Gasteiger partial charge on any atom is 0.193 e. The van der Waals surface area contributed by atoms with Gasteiger partial charge in [-0.1, -0.05) is 92.4 Å². The lowest BCUT2D eigenvalue weighted by Gasteiger charge is -2.45. The molecule has 1 aromatic carbocycles. The average Bonchev–Trinajstić information content (AvgIpc) is 2.93. The summed E-state index contributed by atoms with van der Waals surface area (Å²) in [5.74, 6) is 7.44. The predicted molar refractivity (Wildman–Crippen MR) is 207 cm³/mol. The molecule has 0 spiro atoms. The van der Waals surface area contributed by atoms with Gasteiger partial charge in [-0.05, 0) is 78.5 Å². The normalized spacial score (nSPS) is 15.4. The molecule has 0 aliphatic carbocycles. The smallest absolute Gasteiger partial charge is 0.193 e. The minimum Gasteiger partial charge on any atom is -0.497 e. The SMILES string of the molecule is C=CC(O[Si](C)(C)C(C)(C)C)C(OCCCO[Si](C)(C)C(C)(C)C)C(CC#CCOCc1ccc(OC)cc1)O[Si](C)(C)C(C)(C)C. The summed E-state index contributed by atoms with van der Waals surface area (Å²) in [6.45, 7) is 40.3. The highest BCUT2D eigenvalue weighted by atomic mass is 28.4. The Hall–Kier alpha value is -1.23. The molecule has 0 aromatic heterocycles. The Morgan fingerprint density at radius 1 is 0.745 bits per heavy atom. The topological polar surface area (TPSA) is 55.4 Å². The van der Waals surface area contributed by atoms with Crippen LogP contribution in [0.25, 0.3) is 0 Å². The molecule has 1 rings (SSSR count). The molecule has 0 saturated carbocycles. The van der Waals surface area contributed by atoms with E-state index in [1.807, 2.05) is 30.3 Å². The summed E-state index contributed by atoms with van der Waals surface area (Å²) in [4.78, 5) is 0. The van der Waals surface area contributed by atoms with Crippen LogP contribution in [0, 0.1) is 11.8 Å². The summed E-state index contributed by atoms with van der Waals surface area (Å²) in [6.07, 6.45) is 2.22. The molecule has 47 heavy (non-hydrogen) atoms. The number of hydrogen-bond donors (Lipinski definition) is 0. The first-order valence-corrected chi connectivity index (χ1v) is 26.0. The molecule has 0 saturated heterocycles. The van der Waals surface area contributed by atoms with Gasteiger partial charge < -0.3 is 27.5 Å². The highest BCUT2D eigenvalue weighted by molar-refractivity contribution is 6.75. The van der Waals surface area contributed by atoms with E-state index in [0.717, 1.165) is 17.7 Å². The monoisotopic (exact) mass is 706 g/mol. The second-order valence-electron chi connectivity index (χ2n) is 17.2. The van der Waals surface area contributed by atoms with Crippen LogP contribution in [-0.2, 0) is 29.4 Å². The molecule has 0 heterocycles. The number of ether oxygens (including phenoxy) is 3. The summed E-state index contributed by atoms with van der Waals surface area (Å²) < 4.78 is 38.5. The minimum absolute atomic E-state index is 0.0195. The Morgan fingerprint density at radius 2 is 1.28 bits per heavy atom. The molecule has 0 amide bonds. The second-order valence-corrected chi connectivity index (χ2v) is 31.5. The number of rotatable bonds is 18. The third kappa shape index (κ3) is 14.3. The van der Waals surface area contributed by atoms with Crippen molar-refractivity contribution in [3.8, 4) is 17.6 Å². The van der Waals surface area contributed by atoms with Gasteiger partial charge in [0.1, 0.15) is 18.5 Å². The number of hydrogen-bond acceptors (Lipinski definition) is 6.